The minimum Gasteiger partial charge on any atom is -0.497 e. The zero-order valence-corrected chi connectivity index (χ0v) is 14.3. The average molecular weight is 325 g/mol. The summed E-state index contributed by atoms with van der Waals surface area (Å²) in [5.74, 6) is 2.62. The van der Waals surface area contributed by atoms with Crippen LogP contribution in [0, 0.1) is 6.92 Å². The molecule has 3 aromatic rings. The van der Waals surface area contributed by atoms with E-state index in [2.05, 4.69) is 47.5 Å². The Balaban J connectivity index is 1.74. The van der Waals surface area contributed by atoms with Crippen molar-refractivity contribution in [3.63, 3.8) is 0 Å². The summed E-state index contributed by atoms with van der Waals surface area (Å²) in [4.78, 5) is 0. The van der Waals surface area contributed by atoms with Crippen LogP contribution in [0.2, 0.25) is 0 Å². The third-order valence-electron chi connectivity index (χ3n) is 3.64. The number of rotatable bonds is 5. The van der Waals surface area contributed by atoms with Crippen LogP contribution in [-0.2, 0) is 12.8 Å². The van der Waals surface area contributed by atoms with Crippen LogP contribution >= 0.6 is 11.8 Å². The molecule has 1 aromatic heterocycles. The minimum atomic E-state index is 0.851. The second-order valence-electron chi connectivity index (χ2n) is 5.37. The SMILES string of the molecule is COc1ccc(CSc2nnc(-c3cccc(C)c3)n2C)cc1. The monoisotopic (exact) mass is 325 g/mol. The molecular weight excluding hydrogens is 306 g/mol. The maximum Gasteiger partial charge on any atom is 0.191 e. The second-order valence-corrected chi connectivity index (χ2v) is 6.31. The highest BCUT2D eigenvalue weighted by atomic mass is 32.2. The molecule has 5 heteroatoms. The number of benzene rings is 2. The van der Waals surface area contributed by atoms with Crippen molar-refractivity contribution in [3.05, 3.63) is 59.7 Å². The molecule has 0 atom stereocenters. The molecule has 0 saturated heterocycles. The standard InChI is InChI=1S/C18H19N3OS/c1-13-5-4-6-15(11-13)17-19-20-18(21(17)2)23-12-14-7-9-16(22-3)10-8-14/h4-11H,12H2,1-3H3. The lowest BCUT2D eigenvalue weighted by Gasteiger charge is -2.05. The third-order valence-corrected chi connectivity index (χ3v) is 4.73. The highest BCUT2D eigenvalue weighted by Gasteiger charge is 2.11. The molecule has 1 heterocycles. The Morgan fingerprint density at radius 2 is 1.87 bits per heavy atom. The summed E-state index contributed by atoms with van der Waals surface area (Å²) in [5.41, 5.74) is 3.55. The summed E-state index contributed by atoms with van der Waals surface area (Å²) in [6.07, 6.45) is 0. The van der Waals surface area contributed by atoms with Gasteiger partial charge in [0, 0.05) is 18.4 Å². The average Bonchev–Trinajstić information content (AvgIpc) is 2.94. The van der Waals surface area contributed by atoms with E-state index >= 15 is 0 Å². The zero-order valence-electron chi connectivity index (χ0n) is 13.5. The Kier molecular flexibility index (Phi) is 4.67. The molecule has 0 aliphatic heterocycles. The van der Waals surface area contributed by atoms with Crippen LogP contribution < -0.4 is 4.74 Å². The molecule has 0 aliphatic carbocycles. The first-order valence-electron chi connectivity index (χ1n) is 7.39. The summed E-state index contributed by atoms with van der Waals surface area (Å²) in [6, 6.07) is 16.4. The Bertz CT molecular complexity index is 796. The van der Waals surface area contributed by atoms with Crippen LogP contribution in [0.25, 0.3) is 11.4 Å². The van der Waals surface area contributed by atoms with Crippen LogP contribution in [0.1, 0.15) is 11.1 Å². The molecule has 0 fully saturated rings. The Hall–Kier alpha value is -2.27. The Morgan fingerprint density at radius 3 is 2.57 bits per heavy atom. The smallest absolute Gasteiger partial charge is 0.191 e. The van der Waals surface area contributed by atoms with Gasteiger partial charge in [0.15, 0.2) is 11.0 Å². The minimum absolute atomic E-state index is 0.851. The van der Waals surface area contributed by atoms with E-state index in [4.69, 9.17) is 4.74 Å². The van der Waals surface area contributed by atoms with E-state index in [9.17, 15) is 0 Å². The molecule has 0 saturated carbocycles. The number of aromatic nitrogens is 3. The number of thioether (sulfide) groups is 1. The summed E-state index contributed by atoms with van der Waals surface area (Å²) >= 11 is 1.68. The van der Waals surface area contributed by atoms with Crippen molar-refractivity contribution >= 4 is 11.8 Å². The van der Waals surface area contributed by atoms with Gasteiger partial charge in [-0.1, -0.05) is 47.7 Å². The zero-order chi connectivity index (χ0) is 16.2. The Labute approximate surface area is 140 Å². The molecule has 0 spiro atoms. The molecule has 0 amide bonds. The molecular formula is C18H19N3OS. The molecule has 118 valence electrons. The van der Waals surface area contributed by atoms with Crippen LogP contribution in [0.4, 0.5) is 0 Å². The van der Waals surface area contributed by atoms with Gasteiger partial charge in [0.05, 0.1) is 7.11 Å². The predicted octanol–water partition coefficient (Wildman–Crippen LogP) is 4.09. The second kappa shape index (κ2) is 6.87. The van der Waals surface area contributed by atoms with Crippen LogP contribution in [0.5, 0.6) is 5.75 Å². The van der Waals surface area contributed by atoms with Crippen molar-refractivity contribution in [2.45, 2.75) is 17.8 Å². The highest BCUT2D eigenvalue weighted by molar-refractivity contribution is 7.98. The quantitative estimate of drug-likeness (QED) is 0.662. The van der Waals surface area contributed by atoms with E-state index in [0.717, 1.165) is 28.0 Å². The number of methoxy groups -OCH3 is 1. The Morgan fingerprint density at radius 1 is 1.09 bits per heavy atom. The van der Waals surface area contributed by atoms with E-state index in [0.29, 0.717) is 0 Å². The topological polar surface area (TPSA) is 39.9 Å². The predicted molar refractivity (Wildman–Crippen MR) is 93.7 cm³/mol. The summed E-state index contributed by atoms with van der Waals surface area (Å²) < 4.78 is 7.22. The molecule has 2 aromatic carbocycles. The molecule has 23 heavy (non-hydrogen) atoms. The molecule has 0 unspecified atom stereocenters. The van der Waals surface area contributed by atoms with E-state index in [1.54, 1.807) is 18.9 Å². The van der Waals surface area contributed by atoms with Crippen molar-refractivity contribution < 1.29 is 4.74 Å². The van der Waals surface area contributed by atoms with Gasteiger partial charge in [-0.2, -0.15) is 0 Å². The summed E-state index contributed by atoms with van der Waals surface area (Å²) in [6.45, 7) is 2.08. The fourth-order valence-corrected chi connectivity index (χ4v) is 3.21. The van der Waals surface area contributed by atoms with Gasteiger partial charge < -0.3 is 9.30 Å². The van der Waals surface area contributed by atoms with Crippen molar-refractivity contribution in [3.8, 4) is 17.1 Å². The lowest BCUT2D eigenvalue weighted by atomic mass is 10.1. The first-order valence-corrected chi connectivity index (χ1v) is 8.38. The molecule has 3 rings (SSSR count). The van der Waals surface area contributed by atoms with Gasteiger partial charge in [-0.3, -0.25) is 0 Å². The maximum absolute atomic E-state index is 5.18. The maximum atomic E-state index is 5.18. The number of hydrogen-bond acceptors (Lipinski definition) is 4. The lowest BCUT2D eigenvalue weighted by Crippen LogP contribution is -1.95. The first-order chi connectivity index (χ1) is 11.2. The summed E-state index contributed by atoms with van der Waals surface area (Å²) in [5, 5.41) is 9.57. The molecule has 4 nitrogen and oxygen atoms in total. The van der Waals surface area contributed by atoms with Gasteiger partial charge in [-0.05, 0) is 30.7 Å². The largest absolute Gasteiger partial charge is 0.497 e. The number of nitrogens with zero attached hydrogens (tertiary/aromatic N) is 3. The van der Waals surface area contributed by atoms with Crippen molar-refractivity contribution in [1.29, 1.82) is 0 Å². The third kappa shape index (κ3) is 3.56. The fourth-order valence-electron chi connectivity index (χ4n) is 2.35. The lowest BCUT2D eigenvalue weighted by molar-refractivity contribution is 0.414. The fraction of sp³-hybridized carbons (Fsp3) is 0.222. The number of hydrogen-bond donors (Lipinski definition) is 0. The first kappa shape index (κ1) is 15.6. The van der Waals surface area contributed by atoms with Crippen LogP contribution in [0.15, 0.2) is 53.7 Å². The molecule has 0 radical (unpaired) electrons. The highest BCUT2D eigenvalue weighted by Crippen LogP contribution is 2.26. The van der Waals surface area contributed by atoms with Gasteiger partial charge in [0.25, 0.3) is 0 Å². The van der Waals surface area contributed by atoms with E-state index in [1.807, 2.05) is 29.8 Å². The number of ether oxygens (including phenoxy) is 1. The van der Waals surface area contributed by atoms with Crippen LogP contribution in [0.3, 0.4) is 0 Å². The summed E-state index contributed by atoms with van der Waals surface area (Å²) in [7, 11) is 3.68. The van der Waals surface area contributed by atoms with Crippen molar-refractivity contribution in [2.24, 2.45) is 7.05 Å². The van der Waals surface area contributed by atoms with Gasteiger partial charge in [0.2, 0.25) is 0 Å². The molecule has 0 aliphatic rings. The molecule has 0 N–H and O–H groups in total. The van der Waals surface area contributed by atoms with Gasteiger partial charge in [-0.15, -0.1) is 10.2 Å². The van der Waals surface area contributed by atoms with Crippen molar-refractivity contribution in [1.82, 2.24) is 14.8 Å². The number of aryl methyl sites for hydroxylation is 1. The van der Waals surface area contributed by atoms with Gasteiger partial charge in [0.1, 0.15) is 5.75 Å². The van der Waals surface area contributed by atoms with E-state index in [-0.39, 0.29) is 0 Å². The van der Waals surface area contributed by atoms with E-state index < -0.39 is 0 Å². The van der Waals surface area contributed by atoms with Crippen LogP contribution in [-0.4, -0.2) is 21.9 Å². The normalized spacial score (nSPS) is 10.7. The van der Waals surface area contributed by atoms with Gasteiger partial charge in [-0.25, -0.2) is 0 Å². The van der Waals surface area contributed by atoms with Gasteiger partial charge >= 0.3 is 0 Å². The molecule has 0 bridgehead atoms. The van der Waals surface area contributed by atoms with Crippen molar-refractivity contribution in [2.75, 3.05) is 7.11 Å². The van der Waals surface area contributed by atoms with E-state index in [1.165, 1.54) is 11.1 Å².